The van der Waals surface area contributed by atoms with Crippen molar-refractivity contribution in [3.05, 3.63) is 58.7 Å². The molecule has 0 aliphatic heterocycles. The number of hydrogen-bond acceptors (Lipinski definition) is 4. The molecule has 4 heteroatoms. The molecule has 2 aromatic carbocycles. The molecule has 0 aromatic heterocycles. The maximum atomic E-state index is 11.0. The summed E-state index contributed by atoms with van der Waals surface area (Å²) in [6.07, 6.45) is 3.63. The number of phenols is 2. The van der Waals surface area contributed by atoms with Crippen molar-refractivity contribution in [2.24, 2.45) is 11.8 Å². The summed E-state index contributed by atoms with van der Waals surface area (Å²) in [4.78, 5) is 0. The fraction of sp³-hybridized carbons (Fsp3) is 0.500. The lowest BCUT2D eigenvalue weighted by Crippen LogP contribution is -2.33. The van der Waals surface area contributed by atoms with Crippen molar-refractivity contribution >= 4 is 11.4 Å². The van der Waals surface area contributed by atoms with Crippen LogP contribution in [0.4, 0.5) is 0 Å². The quantitative estimate of drug-likeness (QED) is 0.393. The van der Waals surface area contributed by atoms with Gasteiger partial charge in [0.25, 0.3) is 0 Å². The van der Waals surface area contributed by atoms with Crippen molar-refractivity contribution in [2.45, 2.75) is 78.1 Å². The van der Waals surface area contributed by atoms with E-state index in [0.29, 0.717) is 22.6 Å². The summed E-state index contributed by atoms with van der Waals surface area (Å²) in [6.45, 7) is 12.3. The molecule has 2 aromatic rings. The zero-order chi connectivity index (χ0) is 23.8. The minimum absolute atomic E-state index is 0.157. The summed E-state index contributed by atoms with van der Waals surface area (Å²) in [5, 5.41) is 40.1. The second kappa shape index (κ2) is 8.73. The summed E-state index contributed by atoms with van der Waals surface area (Å²) >= 11 is 0. The van der Waals surface area contributed by atoms with Crippen molar-refractivity contribution in [1.82, 2.24) is 0 Å². The van der Waals surface area contributed by atoms with E-state index in [9.17, 15) is 10.2 Å². The average Bonchev–Trinajstić information content (AvgIpc) is 2.71. The monoisotopic (exact) mass is 434 g/mol. The number of para-hydroxylation sites is 2. The lowest BCUT2D eigenvalue weighted by atomic mass is 9.70. The Morgan fingerprint density at radius 2 is 1.03 bits per heavy atom. The largest absolute Gasteiger partial charge is 0.507 e. The molecule has 0 unspecified atom stereocenters. The van der Waals surface area contributed by atoms with Crippen molar-refractivity contribution in [2.75, 3.05) is 0 Å². The Kier molecular flexibility index (Phi) is 6.55. The number of benzene rings is 2. The number of hydrogen-bond donors (Lipinski definition) is 4. The Balaban J connectivity index is 1.99. The number of rotatable bonds is 4. The third kappa shape index (κ3) is 4.60. The van der Waals surface area contributed by atoms with Crippen LogP contribution in [0.25, 0.3) is 0 Å². The molecule has 0 heterocycles. The van der Waals surface area contributed by atoms with E-state index in [1.54, 1.807) is 0 Å². The maximum absolute atomic E-state index is 11.0. The first-order valence-corrected chi connectivity index (χ1v) is 11.7. The first-order valence-electron chi connectivity index (χ1n) is 11.7. The van der Waals surface area contributed by atoms with Gasteiger partial charge in [-0.2, -0.15) is 0 Å². The summed E-state index contributed by atoms with van der Waals surface area (Å²) in [5.41, 5.74) is 3.14. The van der Waals surface area contributed by atoms with Crippen molar-refractivity contribution in [1.29, 1.82) is 10.8 Å². The molecule has 2 atom stereocenters. The molecule has 0 amide bonds. The van der Waals surface area contributed by atoms with Crippen LogP contribution in [0.5, 0.6) is 11.5 Å². The van der Waals surface area contributed by atoms with Gasteiger partial charge in [0.15, 0.2) is 0 Å². The number of nitrogens with one attached hydrogen (secondary N) is 2. The van der Waals surface area contributed by atoms with Crippen molar-refractivity contribution in [3.63, 3.8) is 0 Å². The zero-order valence-corrected chi connectivity index (χ0v) is 20.3. The van der Waals surface area contributed by atoms with Crippen LogP contribution in [0.3, 0.4) is 0 Å². The third-order valence-corrected chi connectivity index (χ3v) is 6.78. The van der Waals surface area contributed by atoms with Crippen LogP contribution in [-0.2, 0) is 10.8 Å². The summed E-state index contributed by atoms with van der Waals surface area (Å²) in [5.74, 6) is 0.0435. The molecule has 0 radical (unpaired) electrons. The van der Waals surface area contributed by atoms with Gasteiger partial charge in [0.1, 0.15) is 11.5 Å². The second-order valence-corrected chi connectivity index (χ2v) is 11.2. The van der Waals surface area contributed by atoms with Crippen molar-refractivity contribution in [3.8, 4) is 11.5 Å². The van der Waals surface area contributed by atoms with E-state index in [1.807, 2.05) is 36.4 Å². The minimum Gasteiger partial charge on any atom is -0.507 e. The van der Waals surface area contributed by atoms with Crippen molar-refractivity contribution < 1.29 is 10.2 Å². The number of aromatic hydroxyl groups is 2. The smallest absolute Gasteiger partial charge is 0.128 e. The Morgan fingerprint density at radius 3 is 1.34 bits per heavy atom. The van der Waals surface area contributed by atoms with E-state index >= 15 is 0 Å². The van der Waals surface area contributed by atoms with Crippen LogP contribution < -0.4 is 0 Å². The first-order chi connectivity index (χ1) is 14.8. The van der Waals surface area contributed by atoms with Crippen LogP contribution in [0.1, 0.15) is 89.5 Å². The summed E-state index contributed by atoms with van der Waals surface area (Å²) in [7, 11) is 0. The van der Waals surface area contributed by atoms with E-state index in [2.05, 4.69) is 41.5 Å². The molecule has 1 saturated carbocycles. The van der Waals surface area contributed by atoms with E-state index in [-0.39, 0.29) is 34.2 Å². The van der Waals surface area contributed by atoms with Crippen LogP contribution >= 0.6 is 0 Å². The Morgan fingerprint density at radius 1 is 0.688 bits per heavy atom. The first kappa shape index (κ1) is 24.0. The van der Waals surface area contributed by atoms with Gasteiger partial charge in [-0.05, 0) is 46.9 Å². The average molecular weight is 435 g/mol. The van der Waals surface area contributed by atoms with E-state index < -0.39 is 0 Å². The van der Waals surface area contributed by atoms with Gasteiger partial charge in [0, 0.05) is 34.4 Å². The molecule has 1 aliphatic rings. The summed E-state index contributed by atoms with van der Waals surface area (Å²) < 4.78 is 0. The van der Waals surface area contributed by atoms with Gasteiger partial charge in [0.2, 0.25) is 0 Å². The second-order valence-electron chi connectivity index (χ2n) is 11.2. The fourth-order valence-electron chi connectivity index (χ4n) is 4.95. The molecule has 0 saturated heterocycles. The number of phenolic OH excluding ortho intramolecular Hbond substituents is 2. The van der Waals surface area contributed by atoms with Crippen LogP contribution in [0, 0.1) is 22.7 Å². The summed E-state index contributed by atoms with van der Waals surface area (Å²) in [6, 6.07) is 11.3. The molecule has 32 heavy (non-hydrogen) atoms. The highest BCUT2D eigenvalue weighted by molar-refractivity contribution is 6.09. The predicted molar refractivity (Wildman–Crippen MR) is 133 cm³/mol. The van der Waals surface area contributed by atoms with E-state index in [1.165, 1.54) is 0 Å². The lowest BCUT2D eigenvalue weighted by Gasteiger charge is -2.34. The van der Waals surface area contributed by atoms with Crippen LogP contribution in [0.2, 0.25) is 0 Å². The molecule has 4 N–H and O–H groups in total. The lowest BCUT2D eigenvalue weighted by molar-refractivity contribution is 0.371. The Bertz CT molecular complexity index is 941. The van der Waals surface area contributed by atoms with E-state index in [0.717, 1.165) is 36.8 Å². The molecule has 1 fully saturated rings. The standard InChI is InChI=1S/C28H38N2O2/c1-27(2,3)21-15-9-13-19(25(21)31)23(29)17-11-7-8-12-18(17)24(30)20-14-10-16-22(26(20)32)28(4,5)6/h9-10,13-18,29-32H,7-8,11-12H2,1-6H3/t17-,18-/m1/s1. The normalized spacial score (nSPS) is 19.6. The highest BCUT2D eigenvalue weighted by Crippen LogP contribution is 2.41. The topological polar surface area (TPSA) is 88.2 Å². The molecule has 3 rings (SSSR count). The fourth-order valence-corrected chi connectivity index (χ4v) is 4.95. The van der Waals surface area contributed by atoms with Gasteiger partial charge in [-0.15, -0.1) is 0 Å². The highest BCUT2D eigenvalue weighted by atomic mass is 16.3. The predicted octanol–water partition coefficient (Wildman–Crippen LogP) is 6.94. The molecule has 0 spiro atoms. The molecule has 172 valence electrons. The Labute approximate surface area is 192 Å². The van der Waals surface area contributed by atoms with Gasteiger partial charge >= 0.3 is 0 Å². The molecular weight excluding hydrogens is 396 g/mol. The minimum atomic E-state index is -0.224. The van der Waals surface area contributed by atoms with Gasteiger partial charge in [-0.25, -0.2) is 0 Å². The molecule has 4 nitrogen and oxygen atoms in total. The van der Waals surface area contributed by atoms with Crippen LogP contribution in [-0.4, -0.2) is 21.6 Å². The molecule has 0 bridgehead atoms. The molecule has 1 aliphatic carbocycles. The van der Waals surface area contributed by atoms with Gasteiger partial charge in [-0.1, -0.05) is 78.6 Å². The van der Waals surface area contributed by atoms with Gasteiger partial charge in [0.05, 0.1) is 0 Å². The highest BCUT2D eigenvalue weighted by Gasteiger charge is 2.35. The zero-order valence-electron chi connectivity index (χ0n) is 20.3. The van der Waals surface area contributed by atoms with Gasteiger partial charge in [-0.3, -0.25) is 0 Å². The SMILES string of the molecule is CC(C)(C)c1cccc(C(=N)[C@@H]2CCCC[C@H]2C(=N)c2cccc(C(C)(C)C)c2O)c1O. The van der Waals surface area contributed by atoms with Gasteiger partial charge < -0.3 is 21.0 Å². The third-order valence-electron chi connectivity index (χ3n) is 6.78. The van der Waals surface area contributed by atoms with Crippen LogP contribution in [0.15, 0.2) is 36.4 Å². The maximum Gasteiger partial charge on any atom is 0.128 e. The van der Waals surface area contributed by atoms with E-state index in [4.69, 9.17) is 10.8 Å². The Hall–Kier alpha value is -2.62. The molecular formula is C28H38N2O2.